The van der Waals surface area contributed by atoms with Crippen molar-refractivity contribution in [1.82, 2.24) is 0 Å². The summed E-state index contributed by atoms with van der Waals surface area (Å²) in [6.07, 6.45) is 0.747. The molecule has 0 unspecified atom stereocenters. The van der Waals surface area contributed by atoms with Crippen LogP contribution in [-0.4, -0.2) is 17.8 Å². The van der Waals surface area contributed by atoms with Crippen molar-refractivity contribution in [1.29, 1.82) is 5.26 Å². The minimum absolute atomic E-state index is 0.0796. The number of para-hydroxylation sites is 1. The lowest BCUT2D eigenvalue weighted by Crippen LogP contribution is -2.42. The second-order valence-corrected chi connectivity index (χ2v) is 12.4. The lowest BCUT2D eigenvalue weighted by atomic mass is 9.68. The van der Waals surface area contributed by atoms with Crippen LogP contribution in [0.15, 0.2) is 77.3 Å². The first-order chi connectivity index (χ1) is 20.9. The fourth-order valence-electron chi connectivity index (χ4n) is 6.18. The number of hydrogen-bond acceptors (Lipinski definition) is 8. The Morgan fingerprint density at radius 1 is 1.14 bits per heavy atom. The molecule has 2 N–H and O–H groups in total. The van der Waals surface area contributed by atoms with E-state index in [1.807, 2.05) is 58.0 Å². The maximum atomic E-state index is 14.0. The van der Waals surface area contributed by atoms with Gasteiger partial charge in [0, 0.05) is 35.4 Å². The molecule has 3 aromatic carbocycles. The molecule has 1 atom stereocenters. The number of carbonyl (C=O) groups is 1. The van der Waals surface area contributed by atoms with Crippen LogP contribution in [0.3, 0.4) is 0 Å². The highest BCUT2D eigenvalue weighted by Gasteiger charge is 2.45. The minimum Gasteiger partial charge on any atom is -0.496 e. The minimum atomic E-state index is -0.739. The van der Waals surface area contributed by atoms with Gasteiger partial charge in [0.1, 0.15) is 23.9 Å². The average Bonchev–Trinajstić information content (AvgIpc) is 2.96. The number of ether oxygens (including phenoxy) is 2. The van der Waals surface area contributed by atoms with Crippen molar-refractivity contribution in [3.63, 3.8) is 0 Å². The van der Waals surface area contributed by atoms with Gasteiger partial charge in [-0.05, 0) is 60.6 Å². The Balaban J connectivity index is 1.66. The van der Waals surface area contributed by atoms with E-state index in [2.05, 4.69) is 6.07 Å². The van der Waals surface area contributed by atoms with Crippen molar-refractivity contribution < 1.29 is 19.2 Å². The summed E-state index contributed by atoms with van der Waals surface area (Å²) in [6, 6.07) is 17.8. The molecule has 0 spiro atoms. The second kappa shape index (κ2) is 11.7. The smallest absolute Gasteiger partial charge is 0.271 e. The summed E-state index contributed by atoms with van der Waals surface area (Å²) in [6.45, 7) is 8.16. The molecule has 1 aliphatic carbocycles. The van der Waals surface area contributed by atoms with Gasteiger partial charge in [0.15, 0.2) is 5.78 Å². The monoisotopic (exact) mass is 612 g/mol. The van der Waals surface area contributed by atoms with Gasteiger partial charge >= 0.3 is 0 Å². The number of nitrogens with zero attached hydrogens (tertiary/aromatic N) is 3. The largest absolute Gasteiger partial charge is 0.496 e. The van der Waals surface area contributed by atoms with Crippen molar-refractivity contribution >= 4 is 28.8 Å². The molecule has 1 heterocycles. The molecule has 0 saturated carbocycles. The number of aryl methyl sites for hydroxylation is 2. The molecule has 5 rings (SSSR count). The van der Waals surface area contributed by atoms with E-state index in [-0.39, 0.29) is 40.9 Å². The maximum absolute atomic E-state index is 14.0. The fourth-order valence-corrected chi connectivity index (χ4v) is 6.43. The summed E-state index contributed by atoms with van der Waals surface area (Å²) in [4.78, 5) is 26.4. The lowest BCUT2D eigenvalue weighted by molar-refractivity contribution is -0.384. The highest BCUT2D eigenvalue weighted by molar-refractivity contribution is 6.33. The van der Waals surface area contributed by atoms with Crippen molar-refractivity contribution in [2.45, 2.75) is 53.1 Å². The van der Waals surface area contributed by atoms with Crippen LogP contribution in [0.1, 0.15) is 54.9 Å². The van der Waals surface area contributed by atoms with Gasteiger partial charge in [-0.3, -0.25) is 19.8 Å². The van der Waals surface area contributed by atoms with Crippen LogP contribution in [0.2, 0.25) is 5.02 Å². The lowest BCUT2D eigenvalue weighted by Gasteiger charge is -2.44. The number of allylic oxidation sites excluding steroid dienone is 3. The molecule has 226 valence electrons. The number of nitrogens with two attached hydrogens (primary N) is 1. The predicted octanol–water partition coefficient (Wildman–Crippen LogP) is 7.39. The van der Waals surface area contributed by atoms with Gasteiger partial charge in [0.05, 0.1) is 40.3 Å². The van der Waals surface area contributed by atoms with Crippen LogP contribution in [0.4, 0.5) is 11.4 Å². The number of methoxy groups -OCH3 is 1. The Hall–Kier alpha value is -4.81. The Morgan fingerprint density at radius 2 is 1.84 bits per heavy atom. The van der Waals surface area contributed by atoms with Crippen LogP contribution in [0, 0.1) is 40.7 Å². The Labute approximate surface area is 261 Å². The molecule has 2 aliphatic rings. The molecular formula is C34H33ClN4O5. The zero-order valence-corrected chi connectivity index (χ0v) is 26.0. The SMILES string of the molecule is COc1ccc([C@H]2C(C#N)=C(N)N(c3ccc([N+](=O)[O-])cc3Cl)C3=C2C(=O)CC(C)(C)C3)cc1COc1c(C)cccc1C. The molecule has 0 fully saturated rings. The number of Topliss-reactive ketones (excluding diaryl/α,β-unsaturated/α-hetero) is 1. The van der Waals surface area contributed by atoms with Gasteiger partial charge in [-0.25, -0.2) is 0 Å². The van der Waals surface area contributed by atoms with Crippen LogP contribution < -0.4 is 20.1 Å². The van der Waals surface area contributed by atoms with Gasteiger partial charge in [-0.1, -0.05) is 49.7 Å². The molecule has 0 amide bonds. The second-order valence-electron chi connectivity index (χ2n) is 12.0. The third-order valence-electron chi connectivity index (χ3n) is 8.18. The molecule has 0 radical (unpaired) electrons. The first-order valence-electron chi connectivity index (χ1n) is 14.1. The van der Waals surface area contributed by atoms with Crippen LogP contribution >= 0.6 is 11.6 Å². The molecule has 44 heavy (non-hydrogen) atoms. The number of rotatable bonds is 7. The summed E-state index contributed by atoms with van der Waals surface area (Å²) in [5.41, 5.74) is 11.2. The fraction of sp³-hybridized carbons (Fsp3) is 0.294. The number of halogens is 1. The third kappa shape index (κ3) is 5.49. The summed E-state index contributed by atoms with van der Waals surface area (Å²) >= 11 is 6.57. The van der Waals surface area contributed by atoms with E-state index in [0.717, 1.165) is 22.4 Å². The van der Waals surface area contributed by atoms with E-state index < -0.39 is 16.3 Å². The van der Waals surface area contributed by atoms with E-state index in [0.29, 0.717) is 34.7 Å². The summed E-state index contributed by atoms with van der Waals surface area (Å²) in [5.74, 6) is 0.660. The number of benzene rings is 3. The maximum Gasteiger partial charge on any atom is 0.271 e. The number of nitro benzene ring substituents is 1. The molecule has 1 aliphatic heterocycles. The highest BCUT2D eigenvalue weighted by atomic mass is 35.5. The number of carbonyl (C=O) groups excluding carboxylic acids is 1. The molecule has 0 saturated heterocycles. The molecule has 3 aromatic rings. The summed E-state index contributed by atoms with van der Waals surface area (Å²) in [5, 5.41) is 21.9. The number of hydrogen-bond donors (Lipinski definition) is 1. The third-order valence-corrected chi connectivity index (χ3v) is 8.49. The topological polar surface area (TPSA) is 132 Å². The number of non-ortho nitro benzene ring substituents is 1. The number of ketones is 1. The normalized spacial score (nSPS) is 17.7. The summed E-state index contributed by atoms with van der Waals surface area (Å²) < 4.78 is 11.9. The Bertz CT molecular complexity index is 1780. The standard InChI is InChI=1S/C34H33ClN4O5/c1-19-7-6-8-20(2)32(19)44-18-22-13-21(9-12-29(22)43-5)30-24(17-36)33(37)38(26-11-10-23(39(41)42)14-25(26)35)27-15-34(3,4)16-28(40)31(27)30/h6-14,30H,15-16,18,37H2,1-5H3/t30-/m0/s1. The van der Waals surface area contributed by atoms with Crippen LogP contribution in [-0.2, 0) is 11.4 Å². The molecule has 0 aromatic heterocycles. The van der Waals surface area contributed by atoms with Crippen molar-refractivity contribution in [3.05, 3.63) is 115 Å². The molecular weight excluding hydrogens is 580 g/mol. The van der Waals surface area contributed by atoms with Gasteiger partial charge in [-0.2, -0.15) is 5.26 Å². The molecule has 9 nitrogen and oxygen atoms in total. The summed E-state index contributed by atoms with van der Waals surface area (Å²) in [7, 11) is 1.58. The quantitative estimate of drug-likeness (QED) is 0.216. The van der Waals surface area contributed by atoms with E-state index in [1.165, 1.54) is 18.2 Å². The highest BCUT2D eigenvalue weighted by Crippen LogP contribution is 2.51. The average molecular weight is 613 g/mol. The van der Waals surface area contributed by atoms with Crippen LogP contribution in [0.5, 0.6) is 11.5 Å². The Kier molecular flexibility index (Phi) is 8.15. The predicted molar refractivity (Wildman–Crippen MR) is 168 cm³/mol. The van der Waals surface area contributed by atoms with E-state index >= 15 is 0 Å². The van der Waals surface area contributed by atoms with Crippen molar-refractivity contribution in [2.24, 2.45) is 11.1 Å². The van der Waals surface area contributed by atoms with E-state index in [9.17, 15) is 20.2 Å². The number of nitriles is 1. The first kappa shape index (κ1) is 30.6. The number of nitro groups is 1. The zero-order valence-electron chi connectivity index (χ0n) is 25.2. The van der Waals surface area contributed by atoms with Crippen molar-refractivity contribution in [2.75, 3.05) is 12.0 Å². The first-order valence-corrected chi connectivity index (χ1v) is 14.5. The Morgan fingerprint density at radius 3 is 2.45 bits per heavy atom. The van der Waals surface area contributed by atoms with E-state index in [4.69, 9.17) is 26.8 Å². The van der Waals surface area contributed by atoms with Gasteiger partial charge < -0.3 is 15.2 Å². The number of anilines is 1. The van der Waals surface area contributed by atoms with E-state index in [1.54, 1.807) is 18.1 Å². The van der Waals surface area contributed by atoms with Gasteiger partial charge in [0.25, 0.3) is 5.69 Å². The van der Waals surface area contributed by atoms with Gasteiger partial charge in [0.2, 0.25) is 0 Å². The van der Waals surface area contributed by atoms with Gasteiger partial charge in [-0.15, -0.1) is 0 Å². The molecule has 10 heteroatoms. The zero-order chi connectivity index (χ0) is 31.9. The van der Waals surface area contributed by atoms with Crippen LogP contribution in [0.25, 0.3) is 0 Å². The molecule has 0 bridgehead atoms. The van der Waals surface area contributed by atoms with Crippen molar-refractivity contribution in [3.8, 4) is 17.6 Å².